The van der Waals surface area contributed by atoms with Crippen LogP contribution in [0.5, 0.6) is 0 Å². The average Bonchev–Trinajstić information content (AvgIpc) is 2.80. The van der Waals surface area contributed by atoms with Crippen LogP contribution in [0.15, 0.2) is 35.5 Å². The van der Waals surface area contributed by atoms with Crippen molar-refractivity contribution in [3.63, 3.8) is 0 Å². The van der Waals surface area contributed by atoms with Crippen LogP contribution >= 0.6 is 0 Å². The second-order valence-electron chi connectivity index (χ2n) is 8.33. The summed E-state index contributed by atoms with van der Waals surface area (Å²) in [5.41, 5.74) is 1.82. The van der Waals surface area contributed by atoms with Crippen molar-refractivity contribution >= 4 is 0 Å². The van der Waals surface area contributed by atoms with Crippen LogP contribution in [0.3, 0.4) is 0 Å². The average molecular weight is 349 g/mol. The topological polar surface area (TPSA) is 40.5 Å². The van der Waals surface area contributed by atoms with Crippen molar-refractivity contribution in [1.82, 2.24) is 0 Å². The van der Waals surface area contributed by atoms with E-state index in [2.05, 4.69) is 46.3 Å². The van der Waals surface area contributed by atoms with E-state index in [1.54, 1.807) is 5.57 Å². The molecule has 6 atom stereocenters. The second kappa shape index (κ2) is 4.98. The van der Waals surface area contributed by atoms with Gasteiger partial charge in [0.15, 0.2) is 0 Å². The SMILES string of the molecule is C[C@]12C=CC(O)CC1CCC1=C3C=C[C@@](O)([C]#[Cr])[C@@]3(C)CCC12. The van der Waals surface area contributed by atoms with Gasteiger partial charge in [-0.2, -0.15) is 0 Å². The van der Waals surface area contributed by atoms with Gasteiger partial charge in [-0.3, -0.25) is 0 Å². The zero-order valence-corrected chi connectivity index (χ0v) is 15.2. The van der Waals surface area contributed by atoms with Crippen LogP contribution in [0, 0.1) is 27.4 Å². The first-order chi connectivity index (χ1) is 10.8. The van der Waals surface area contributed by atoms with Gasteiger partial charge < -0.3 is 0 Å². The third kappa shape index (κ3) is 1.95. The van der Waals surface area contributed by atoms with E-state index in [9.17, 15) is 10.2 Å². The predicted molar refractivity (Wildman–Crippen MR) is 86.4 cm³/mol. The van der Waals surface area contributed by atoms with Gasteiger partial charge in [0.05, 0.1) is 0 Å². The molecule has 2 N–H and O–H groups in total. The minimum atomic E-state index is -0.976. The van der Waals surface area contributed by atoms with Crippen LogP contribution < -0.4 is 0 Å². The number of allylic oxidation sites excluding steroid dienone is 3. The van der Waals surface area contributed by atoms with Crippen LogP contribution in [-0.2, 0) is 15.7 Å². The Labute approximate surface area is 146 Å². The normalized spacial score (nSPS) is 51.0. The van der Waals surface area contributed by atoms with Gasteiger partial charge in [-0.25, -0.2) is 0 Å². The molecule has 1 fully saturated rings. The van der Waals surface area contributed by atoms with Gasteiger partial charge in [-0.05, 0) is 0 Å². The maximum atomic E-state index is 11.0. The summed E-state index contributed by atoms with van der Waals surface area (Å²) in [7, 11) is 0. The van der Waals surface area contributed by atoms with E-state index in [1.165, 1.54) is 5.57 Å². The quantitative estimate of drug-likeness (QED) is 0.659. The summed E-state index contributed by atoms with van der Waals surface area (Å²) >= 11 is 2.80. The Balaban J connectivity index is 1.81. The van der Waals surface area contributed by atoms with Crippen molar-refractivity contribution in [3.8, 4) is 4.69 Å². The first-order valence-corrected chi connectivity index (χ1v) is 9.40. The van der Waals surface area contributed by atoms with Gasteiger partial charge in [0.1, 0.15) is 0 Å². The standard InChI is InChI=1S/C20H25O2.Cr/c1-18-9-6-14(21)12-13(18)4-5-15-16(18)7-10-19(2)17(15)8-11-20(19,3)22;/h6,8-9,11,13-14,16,21-22H,4-5,7,10,12H2,1-2H3;/t13?,14?,16?,18-,19-,20-;/m0./s1. The molecular weight excluding hydrogens is 324 g/mol. The summed E-state index contributed by atoms with van der Waals surface area (Å²) in [6.07, 6.45) is 13.3. The van der Waals surface area contributed by atoms with E-state index in [1.807, 2.05) is 12.2 Å². The fraction of sp³-hybridized carbons (Fsp3) is 0.650. The predicted octanol–water partition coefficient (Wildman–Crippen LogP) is 3.24. The van der Waals surface area contributed by atoms with E-state index < -0.39 is 5.60 Å². The van der Waals surface area contributed by atoms with Gasteiger partial charge >= 0.3 is 146 Å². The Bertz CT molecular complexity index is 684. The van der Waals surface area contributed by atoms with Gasteiger partial charge in [-0.15, -0.1) is 0 Å². The van der Waals surface area contributed by atoms with Crippen molar-refractivity contribution in [2.45, 2.75) is 57.7 Å². The second-order valence-corrected chi connectivity index (χ2v) is 8.65. The Morgan fingerprint density at radius 3 is 2.78 bits per heavy atom. The molecule has 0 heterocycles. The zero-order valence-electron chi connectivity index (χ0n) is 13.9. The van der Waals surface area contributed by atoms with E-state index in [4.69, 9.17) is 0 Å². The summed E-state index contributed by atoms with van der Waals surface area (Å²) in [5, 5.41) is 21.0. The third-order valence-corrected chi connectivity index (χ3v) is 7.86. The summed E-state index contributed by atoms with van der Waals surface area (Å²) in [5.74, 6) is 1.11. The van der Waals surface area contributed by atoms with Crippen molar-refractivity contribution < 1.29 is 25.9 Å². The molecule has 0 saturated heterocycles. The molecule has 0 amide bonds. The number of aliphatic hydroxyl groups is 2. The van der Waals surface area contributed by atoms with Gasteiger partial charge in [0.25, 0.3) is 0 Å². The Kier molecular flexibility index (Phi) is 3.45. The molecule has 0 aromatic carbocycles. The molecular formula is C20H25CrO2. The van der Waals surface area contributed by atoms with Crippen LogP contribution in [-0.4, -0.2) is 21.9 Å². The number of fused-ring (bicyclic) bond motifs is 4. The van der Waals surface area contributed by atoms with Crippen molar-refractivity contribution in [1.29, 1.82) is 0 Å². The molecule has 2 nitrogen and oxygen atoms in total. The van der Waals surface area contributed by atoms with Crippen LogP contribution in [0.25, 0.3) is 0 Å². The molecule has 3 heteroatoms. The van der Waals surface area contributed by atoms with E-state index in [-0.39, 0.29) is 16.9 Å². The molecule has 0 radical (unpaired) electrons. The summed E-state index contributed by atoms with van der Waals surface area (Å²) in [6, 6.07) is 0. The molecule has 3 unspecified atom stereocenters. The molecule has 0 bridgehead atoms. The number of rotatable bonds is 0. The maximum absolute atomic E-state index is 11.0. The van der Waals surface area contributed by atoms with Crippen molar-refractivity contribution in [2.24, 2.45) is 22.7 Å². The Hall–Kier alpha value is -0.548. The first-order valence-electron chi connectivity index (χ1n) is 8.76. The molecule has 0 aromatic rings. The van der Waals surface area contributed by atoms with Gasteiger partial charge in [0, 0.05) is 0 Å². The van der Waals surface area contributed by atoms with Crippen molar-refractivity contribution in [3.05, 3.63) is 35.5 Å². The van der Waals surface area contributed by atoms with E-state index >= 15 is 0 Å². The molecule has 4 aliphatic carbocycles. The van der Waals surface area contributed by atoms with E-state index in [0.717, 1.165) is 32.1 Å². The number of aliphatic hydroxyl groups excluding tert-OH is 1. The molecule has 0 aliphatic heterocycles. The third-order valence-electron chi connectivity index (χ3n) is 7.38. The molecule has 0 spiro atoms. The van der Waals surface area contributed by atoms with Crippen LogP contribution in [0.2, 0.25) is 0 Å². The summed E-state index contributed by atoms with van der Waals surface area (Å²) in [4.78, 5) is 0. The fourth-order valence-electron chi connectivity index (χ4n) is 5.74. The number of hydrogen-bond donors (Lipinski definition) is 2. The summed E-state index contributed by atoms with van der Waals surface area (Å²) < 4.78 is 3.01. The molecule has 123 valence electrons. The van der Waals surface area contributed by atoms with E-state index in [0.29, 0.717) is 11.8 Å². The summed E-state index contributed by atoms with van der Waals surface area (Å²) in [6.45, 7) is 4.56. The Morgan fingerprint density at radius 1 is 1.26 bits per heavy atom. The molecule has 23 heavy (non-hydrogen) atoms. The fourth-order valence-corrected chi connectivity index (χ4v) is 6.20. The zero-order chi connectivity index (χ0) is 16.5. The molecule has 0 aromatic heterocycles. The number of hydrogen-bond acceptors (Lipinski definition) is 2. The first kappa shape index (κ1) is 15.9. The molecule has 4 aliphatic rings. The minimum absolute atomic E-state index is 0.154. The van der Waals surface area contributed by atoms with Gasteiger partial charge in [-0.1, -0.05) is 0 Å². The monoisotopic (exact) mass is 349 g/mol. The van der Waals surface area contributed by atoms with Crippen molar-refractivity contribution in [2.75, 3.05) is 0 Å². The Morgan fingerprint density at radius 2 is 2.04 bits per heavy atom. The van der Waals surface area contributed by atoms with Gasteiger partial charge in [0.2, 0.25) is 0 Å². The molecule has 4 rings (SSSR count). The molecule has 1 saturated carbocycles. The van der Waals surface area contributed by atoms with Crippen LogP contribution in [0.1, 0.15) is 46.0 Å². The van der Waals surface area contributed by atoms with Crippen LogP contribution in [0.4, 0.5) is 0 Å².